The van der Waals surface area contributed by atoms with E-state index in [2.05, 4.69) is 20.8 Å². The van der Waals surface area contributed by atoms with E-state index in [9.17, 15) is 0 Å². The van der Waals surface area contributed by atoms with Crippen molar-refractivity contribution < 1.29 is 4.74 Å². The first kappa shape index (κ1) is 11.0. The van der Waals surface area contributed by atoms with E-state index in [0.717, 1.165) is 25.0 Å². The minimum Gasteiger partial charge on any atom is -0.382 e. The fraction of sp³-hybridized carbons (Fsp3) is 1.00. The van der Waals surface area contributed by atoms with E-state index in [1.807, 2.05) is 6.92 Å². The molecule has 0 spiro atoms. The van der Waals surface area contributed by atoms with Crippen LogP contribution in [0.15, 0.2) is 0 Å². The van der Waals surface area contributed by atoms with Crippen LogP contribution in [0.3, 0.4) is 0 Å². The molecule has 0 bridgehead atoms. The molecule has 0 rings (SSSR count). The van der Waals surface area contributed by atoms with E-state index in [4.69, 9.17) is 4.74 Å². The van der Waals surface area contributed by atoms with Crippen molar-refractivity contribution in [2.45, 2.75) is 40.5 Å². The Labute approximate surface area is 71.1 Å². The monoisotopic (exact) mass is 158 g/mol. The van der Waals surface area contributed by atoms with Gasteiger partial charge in [-0.15, -0.1) is 0 Å². The molecule has 0 heterocycles. The van der Waals surface area contributed by atoms with Gasteiger partial charge < -0.3 is 4.74 Å². The molecule has 0 unspecified atom stereocenters. The maximum absolute atomic E-state index is 5.26. The molecule has 11 heavy (non-hydrogen) atoms. The van der Waals surface area contributed by atoms with Crippen LogP contribution in [-0.4, -0.2) is 13.2 Å². The molecule has 0 N–H and O–H groups in total. The summed E-state index contributed by atoms with van der Waals surface area (Å²) in [6.07, 6.45) is 2.52. The van der Waals surface area contributed by atoms with Crippen molar-refractivity contribution in [1.29, 1.82) is 0 Å². The number of hydrogen-bond acceptors (Lipinski definition) is 1. The Balaban J connectivity index is 3.10. The summed E-state index contributed by atoms with van der Waals surface area (Å²) < 4.78 is 5.26. The van der Waals surface area contributed by atoms with Crippen LogP contribution in [0.4, 0.5) is 0 Å². The minimum atomic E-state index is 0.816. The second-order valence-electron chi connectivity index (χ2n) is 3.56. The lowest BCUT2D eigenvalue weighted by Gasteiger charge is -2.14. The lowest BCUT2D eigenvalue weighted by atomic mass is 9.93. The molecule has 1 heteroatoms. The summed E-state index contributed by atoms with van der Waals surface area (Å²) in [5.74, 6) is 1.66. The Kier molecular flexibility index (Phi) is 6.63. The normalized spacial score (nSPS) is 13.9. The van der Waals surface area contributed by atoms with Crippen molar-refractivity contribution in [3.8, 4) is 0 Å². The predicted molar refractivity (Wildman–Crippen MR) is 49.7 cm³/mol. The molecule has 0 fully saturated rings. The standard InChI is InChI=1S/C10H22O/c1-5-11-8-6-7-10(4)9(2)3/h9-10H,5-8H2,1-4H3/t10-/m0/s1. The quantitative estimate of drug-likeness (QED) is 0.540. The molecular weight excluding hydrogens is 136 g/mol. The molecule has 0 amide bonds. The third-order valence-electron chi connectivity index (χ3n) is 2.29. The van der Waals surface area contributed by atoms with E-state index in [1.165, 1.54) is 12.8 Å². The van der Waals surface area contributed by atoms with Crippen LogP contribution in [0.5, 0.6) is 0 Å². The zero-order valence-corrected chi connectivity index (χ0v) is 8.39. The number of rotatable bonds is 6. The molecule has 68 valence electrons. The molecule has 0 aromatic heterocycles. The molecule has 1 nitrogen and oxygen atoms in total. The SMILES string of the molecule is CCOCCC[C@H](C)C(C)C. The predicted octanol–water partition coefficient (Wildman–Crippen LogP) is 3.10. The van der Waals surface area contributed by atoms with Gasteiger partial charge in [-0.3, -0.25) is 0 Å². The van der Waals surface area contributed by atoms with E-state index in [-0.39, 0.29) is 0 Å². The first-order valence-electron chi connectivity index (χ1n) is 4.76. The van der Waals surface area contributed by atoms with Gasteiger partial charge in [0.05, 0.1) is 0 Å². The van der Waals surface area contributed by atoms with Crippen molar-refractivity contribution >= 4 is 0 Å². The summed E-state index contributed by atoms with van der Waals surface area (Å²) in [5, 5.41) is 0. The summed E-state index contributed by atoms with van der Waals surface area (Å²) in [5.41, 5.74) is 0. The highest BCUT2D eigenvalue weighted by Gasteiger charge is 2.05. The Morgan fingerprint density at radius 1 is 1.18 bits per heavy atom. The molecule has 0 radical (unpaired) electrons. The highest BCUT2D eigenvalue weighted by atomic mass is 16.5. The topological polar surface area (TPSA) is 9.23 Å². The van der Waals surface area contributed by atoms with E-state index in [1.54, 1.807) is 0 Å². The van der Waals surface area contributed by atoms with Gasteiger partial charge in [0.1, 0.15) is 0 Å². The van der Waals surface area contributed by atoms with Gasteiger partial charge in [0.2, 0.25) is 0 Å². The summed E-state index contributed by atoms with van der Waals surface area (Å²) in [6.45, 7) is 10.7. The molecule has 0 aliphatic rings. The molecular formula is C10H22O. The van der Waals surface area contributed by atoms with Crippen molar-refractivity contribution in [3.05, 3.63) is 0 Å². The largest absolute Gasteiger partial charge is 0.382 e. The van der Waals surface area contributed by atoms with Crippen molar-refractivity contribution in [2.24, 2.45) is 11.8 Å². The van der Waals surface area contributed by atoms with Gasteiger partial charge in [-0.2, -0.15) is 0 Å². The van der Waals surface area contributed by atoms with Crippen LogP contribution in [-0.2, 0) is 4.74 Å². The smallest absolute Gasteiger partial charge is 0.0465 e. The van der Waals surface area contributed by atoms with Gasteiger partial charge in [0.25, 0.3) is 0 Å². The number of ether oxygens (including phenoxy) is 1. The average Bonchev–Trinajstić information content (AvgIpc) is 1.97. The Hall–Kier alpha value is -0.0400. The fourth-order valence-corrected chi connectivity index (χ4v) is 0.985. The average molecular weight is 158 g/mol. The second kappa shape index (κ2) is 6.66. The lowest BCUT2D eigenvalue weighted by Crippen LogP contribution is -2.05. The summed E-state index contributed by atoms with van der Waals surface area (Å²) in [4.78, 5) is 0. The first-order chi connectivity index (χ1) is 5.18. The van der Waals surface area contributed by atoms with Gasteiger partial charge in [-0.05, 0) is 31.6 Å². The molecule has 0 aromatic carbocycles. The molecule has 0 saturated heterocycles. The molecule has 0 aromatic rings. The lowest BCUT2D eigenvalue weighted by molar-refractivity contribution is 0.137. The van der Waals surface area contributed by atoms with Crippen LogP contribution in [0.1, 0.15) is 40.5 Å². The van der Waals surface area contributed by atoms with Gasteiger partial charge >= 0.3 is 0 Å². The third kappa shape index (κ3) is 6.36. The minimum absolute atomic E-state index is 0.816. The van der Waals surface area contributed by atoms with Gasteiger partial charge in [-0.1, -0.05) is 20.8 Å². The van der Waals surface area contributed by atoms with Crippen molar-refractivity contribution in [3.63, 3.8) is 0 Å². The molecule has 0 saturated carbocycles. The number of hydrogen-bond donors (Lipinski definition) is 0. The van der Waals surface area contributed by atoms with Crippen LogP contribution < -0.4 is 0 Å². The third-order valence-corrected chi connectivity index (χ3v) is 2.29. The van der Waals surface area contributed by atoms with Crippen LogP contribution >= 0.6 is 0 Å². The van der Waals surface area contributed by atoms with E-state index >= 15 is 0 Å². The maximum atomic E-state index is 5.26. The van der Waals surface area contributed by atoms with Gasteiger partial charge in [0, 0.05) is 13.2 Å². The zero-order chi connectivity index (χ0) is 8.69. The van der Waals surface area contributed by atoms with Crippen molar-refractivity contribution in [2.75, 3.05) is 13.2 Å². The van der Waals surface area contributed by atoms with Crippen LogP contribution in [0, 0.1) is 11.8 Å². The van der Waals surface area contributed by atoms with Crippen LogP contribution in [0.2, 0.25) is 0 Å². The Morgan fingerprint density at radius 2 is 1.82 bits per heavy atom. The highest BCUT2D eigenvalue weighted by molar-refractivity contribution is 4.56. The summed E-state index contributed by atoms with van der Waals surface area (Å²) >= 11 is 0. The van der Waals surface area contributed by atoms with E-state index < -0.39 is 0 Å². The van der Waals surface area contributed by atoms with E-state index in [0.29, 0.717) is 0 Å². The fourth-order valence-electron chi connectivity index (χ4n) is 0.985. The van der Waals surface area contributed by atoms with Crippen molar-refractivity contribution in [1.82, 2.24) is 0 Å². The molecule has 0 aliphatic heterocycles. The zero-order valence-electron chi connectivity index (χ0n) is 8.39. The summed E-state index contributed by atoms with van der Waals surface area (Å²) in [6, 6.07) is 0. The Morgan fingerprint density at radius 3 is 2.27 bits per heavy atom. The molecule has 1 atom stereocenters. The van der Waals surface area contributed by atoms with Gasteiger partial charge in [0.15, 0.2) is 0 Å². The summed E-state index contributed by atoms with van der Waals surface area (Å²) in [7, 11) is 0. The maximum Gasteiger partial charge on any atom is 0.0465 e. The Bertz CT molecular complexity index is 78.9. The molecule has 0 aliphatic carbocycles. The first-order valence-corrected chi connectivity index (χ1v) is 4.76. The second-order valence-corrected chi connectivity index (χ2v) is 3.56. The van der Waals surface area contributed by atoms with Crippen LogP contribution in [0.25, 0.3) is 0 Å². The van der Waals surface area contributed by atoms with Gasteiger partial charge in [-0.25, -0.2) is 0 Å². The highest BCUT2D eigenvalue weighted by Crippen LogP contribution is 2.15.